The molecule has 7 heteroatoms. The van der Waals surface area contributed by atoms with Crippen LogP contribution in [0.4, 0.5) is 10.1 Å². The van der Waals surface area contributed by atoms with Crippen molar-refractivity contribution in [2.24, 2.45) is 5.73 Å². The number of rotatable bonds is 4. The molecular formula is C14H14BrFN2O2S. The lowest BCUT2D eigenvalue weighted by Gasteiger charge is -2.12. The Labute approximate surface area is 131 Å². The minimum Gasteiger partial charge on any atom is -0.326 e. The third-order valence-corrected chi connectivity index (χ3v) is 4.93. The van der Waals surface area contributed by atoms with Gasteiger partial charge in [-0.15, -0.1) is 0 Å². The topological polar surface area (TPSA) is 72.2 Å². The molecule has 0 aliphatic rings. The summed E-state index contributed by atoms with van der Waals surface area (Å²) in [5.74, 6) is -0.533. The van der Waals surface area contributed by atoms with Crippen molar-refractivity contribution in [2.45, 2.75) is 18.4 Å². The standard InChI is InChI=1S/C14H14BrFN2O2S/c1-9-5-12(15)13(16)7-14(9)18-21(19,20)11-4-2-3-10(6-11)8-17/h2-7,18H,8,17H2,1H3. The number of anilines is 1. The predicted octanol–water partition coefficient (Wildman–Crippen LogP) is 3.16. The summed E-state index contributed by atoms with van der Waals surface area (Å²) >= 11 is 3.06. The van der Waals surface area contributed by atoms with Gasteiger partial charge in [-0.3, -0.25) is 4.72 Å². The molecule has 0 heterocycles. The molecule has 0 atom stereocenters. The fourth-order valence-corrected chi connectivity index (χ4v) is 3.45. The highest BCUT2D eigenvalue weighted by atomic mass is 79.9. The van der Waals surface area contributed by atoms with Crippen LogP contribution in [-0.4, -0.2) is 8.42 Å². The molecule has 4 nitrogen and oxygen atoms in total. The number of hydrogen-bond acceptors (Lipinski definition) is 3. The number of hydrogen-bond donors (Lipinski definition) is 2. The summed E-state index contributed by atoms with van der Waals surface area (Å²) in [5, 5.41) is 0. The van der Waals surface area contributed by atoms with Crippen LogP contribution in [0.2, 0.25) is 0 Å². The zero-order valence-corrected chi connectivity index (χ0v) is 13.6. The average molecular weight is 373 g/mol. The smallest absolute Gasteiger partial charge is 0.261 e. The van der Waals surface area contributed by atoms with E-state index < -0.39 is 15.8 Å². The van der Waals surface area contributed by atoms with E-state index in [0.717, 1.165) is 6.07 Å². The molecule has 2 rings (SSSR count). The Bertz CT molecular complexity index is 779. The predicted molar refractivity (Wildman–Crippen MR) is 84.0 cm³/mol. The van der Waals surface area contributed by atoms with Crippen molar-refractivity contribution in [1.82, 2.24) is 0 Å². The van der Waals surface area contributed by atoms with Gasteiger partial charge in [-0.05, 0) is 58.2 Å². The highest BCUT2D eigenvalue weighted by molar-refractivity contribution is 9.10. The van der Waals surface area contributed by atoms with Crippen molar-refractivity contribution in [3.8, 4) is 0 Å². The molecule has 0 saturated heterocycles. The maximum absolute atomic E-state index is 13.6. The first-order valence-corrected chi connectivity index (χ1v) is 8.38. The van der Waals surface area contributed by atoms with Crippen molar-refractivity contribution in [2.75, 3.05) is 4.72 Å². The summed E-state index contributed by atoms with van der Waals surface area (Å²) in [5.41, 5.74) is 7.03. The van der Waals surface area contributed by atoms with Crippen LogP contribution in [0.5, 0.6) is 0 Å². The summed E-state index contributed by atoms with van der Waals surface area (Å²) in [4.78, 5) is 0.0909. The van der Waals surface area contributed by atoms with E-state index in [4.69, 9.17) is 5.73 Å². The number of halogens is 2. The molecule has 0 spiro atoms. The second-order valence-corrected chi connectivity index (χ2v) is 7.08. The Kier molecular flexibility index (Phi) is 4.65. The van der Waals surface area contributed by atoms with Crippen LogP contribution in [0.15, 0.2) is 45.8 Å². The summed E-state index contributed by atoms with van der Waals surface area (Å²) in [6.45, 7) is 1.94. The van der Waals surface area contributed by atoms with Crippen molar-refractivity contribution >= 4 is 31.6 Å². The van der Waals surface area contributed by atoms with E-state index in [1.165, 1.54) is 18.2 Å². The Balaban J connectivity index is 2.39. The molecular weight excluding hydrogens is 359 g/mol. The number of aryl methyl sites for hydroxylation is 1. The van der Waals surface area contributed by atoms with Crippen LogP contribution < -0.4 is 10.5 Å². The quantitative estimate of drug-likeness (QED) is 0.865. The van der Waals surface area contributed by atoms with E-state index in [0.29, 0.717) is 11.1 Å². The van der Waals surface area contributed by atoms with Crippen LogP contribution in [0.25, 0.3) is 0 Å². The van der Waals surface area contributed by atoms with Gasteiger partial charge in [-0.25, -0.2) is 12.8 Å². The second-order valence-electron chi connectivity index (χ2n) is 4.54. The molecule has 0 unspecified atom stereocenters. The molecule has 0 fully saturated rings. The highest BCUT2D eigenvalue weighted by Gasteiger charge is 2.16. The molecule has 21 heavy (non-hydrogen) atoms. The van der Waals surface area contributed by atoms with E-state index >= 15 is 0 Å². The molecule has 112 valence electrons. The normalized spacial score (nSPS) is 11.4. The maximum Gasteiger partial charge on any atom is 0.261 e. The van der Waals surface area contributed by atoms with E-state index in [9.17, 15) is 12.8 Å². The van der Waals surface area contributed by atoms with Crippen molar-refractivity contribution in [3.05, 3.63) is 57.8 Å². The van der Waals surface area contributed by atoms with E-state index in [-0.39, 0.29) is 21.6 Å². The van der Waals surface area contributed by atoms with Gasteiger partial charge in [0.05, 0.1) is 15.1 Å². The monoisotopic (exact) mass is 372 g/mol. The van der Waals surface area contributed by atoms with E-state index in [1.807, 2.05) is 0 Å². The Morgan fingerprint density at radius 3 is 2.67 bits per heavy atom. The van der Waals surface area contributed by atoms with Gasteiger partial charge in [0.2, 0.25) is 0 Å². The fourth-order valence-electron chi connectivity index (χ4n) is 1.80. The van der Waals surface area contributed by atoms with Crippen LogP contribution in [-0.2, 0) is 16.6 Å². The van der Waals surface area contributed by atoms with Gasteiger partial charge in [0.1, 0.15) is 5.82 Å². The van der Waals surface area contributed by atoms with Gasteiger partial charge < -0.3 is 5.73 Å². The van der Waals surface area contributed by atoms with E-state index in [1.54, 1.807) is 19.1 Å². The first-order chi connectivity index (χ1) is 9.83. The lowest BCUT2D eigenvalue weighted by atomic mass is 10.2. The molecule has 0 amide bonds. The third kappa shape index (κ3) is 3.61. The second kappa shape index (κ2) is 6.13. The summed E-state index contributed by atoms with van der Waals surface area (Å²) < 4.78 is 40.9. The molecule has 0 aliphatic carbocycles. The van der Waals surface area contributed by atoms with E-state index in [2.05, 4.69) is 20.7 Å². The Morgan fingerprint density at radius 2 is 2.00 bits per heavy atom. The number of benzene rings is 2. The lowest BCUT2D eigenvalue weighted by Crippen LogP contribution is -2.14. The molecule has 0 aromatic heterocycles. The van der Waals surface area contributed by atoms with Gasteiger partial charge in [-0.1, -0.05) is 12.1 Å². The zero-order valence-electron chi connectivity index (χ0n) is 11.2. The van der Waals surface area contributed by atoms with Crippen molar-refractivity contribution in [3.63, 3.8) is 0 Å². The minimum absolute atomic E-state index is 0.0909. The summed E-state index contributed by atoms with van der Waals surface area (Å²) in [6, 6.07) is 8.97. The van der Waals surface area contributed by atoms with Gasteiger partial charge in [-0.2, -0.15) is 0 Å². The number of sulfonamides is 1. The van der Waals surface area contributed by atoms with Crippen LogP contribution >= 0.6 is 15.9 Å². The van der Waals surface area contributed by atoms with Crippen LogP contribution in [0.3, 0.4) is 0 Å². The summed E-state index contributed by atoms with van der Waals surface area (Å²) in [6.07, 6.45) is 0. The number of nitrogens with one attached hydrogen (secondary N) is 1. The first-order valence-electron chi connectivity index (χ1n) is 6.11. The largest absolute Gasteiger partial charge is 0.326 e. The fraction of sp³-hybridized carbons (Fsp3) is 0.143. The zero-order chi connectivity index (χ0) is 15.6. The molecule has 0 aliphatic heterocycles. The van der Waals surface area contributed by atoms with Gasteiger partial charge >= 0.3 is 0 Å². The molecule has 2 aromatic carbocycles. The van der Waals surface area contributed by atoms with Gasteiger partial charge in [0.25, 0.3) is 10.0 Å². The summed E-state index contributed by atoms with van der Waals surface area (Å²) in [7, 11) is -3.79. The Morgan fingerprint density at radius 1 is 1.29 bits per heavy atom. The van der Waals surface area contributed by atoms with Crippen LogP contribution in [0.1, 0.15) is 11.1 Å². The first kappa shape index (κ1) is 15.9. The van der Waals surface area contributed by atoms with Crippen LogP contribution in [0, 0.1) is 12.7 Å². The molecule has 0 radical (unpaired) electrons. The Hall–Kier alpha value is -1.44. The molecule has 2 aromatic rings. The van der Waals surface area contributed by atoms with Crippen molar-refractivity contribution in [1.29, 1.82) is 0 Å². The molecule has 0 bridgehead atoms. The number of nitrogens with two attached hydrogens (primary N) is 1. The minimum atomic E-state index is -3.79. The van der Waals surface area contributed by atoms with Gasteiger partial charge in [0, 0.05) is 6.54 Å². The molecule has 0 saturated carbocycles. The molecule has 3 N–H and O–H groups in total. The third-order valence-electron chi connectivity index (χ3n) is 2.96. The highest BCUT2D eigenvalue weighted by Crippen LogP contribution is 2.26. The maximum atomic E-state index is 13.6. The SMILES string of the molecule is Cc1cc(Br)c(F)cc1NS(=O)(=O)c1cccc(CN)c1. The lowest BCUT2D eigenvalue weighted by molar-refractivity contribution is 0.600. The van der Waals surface area contributed by atoms with Gasteiger partial charge in [0.15, 0.2) is 0 Å². The van der Waals surface area contributed by atoms with Crippen molar-refractivity contribution < 1.29 is 12.8 Å². The average Bonchev–Trinajstić information content (AvgIpc) is 2.44.